The van der Waals surface area contributed by atoms with Gasteiger partial charge >= 0.3 is 0 Å². The SMILES string of the molecule is Cl.NCCOCCOCCNC(=O)C(I)I. The van der Waals surface area contributed by atoms with Crippen LogP contribution >= 0.6 is 57.6 Å². The Hall–Kier alpha value is 1.10. The molecular formula is C8H17ClI2N2O3. The molecule has 0 aromatic heterocycles. The van der Waals surface area contributed by atoms with Crippen LogP contribution in [0, 0.1) is 0 Å². The van der Waals surface area contributed by atoms with E-state index in [-0.39, 0.29) is 20.2 Å². The van der Waals surface area contributed by atoms with Gasteiger partial charge in [0.05, 0.1) is 26.4 Å². The largest absolute Gasteiger partial charge is 0.378 e. The molecule has 0 saturated heterocycles. The van der Waals surface area contributed by atoms with E-state index in [1.54, 1.807) is 0 Å². The van der Waals surface area contributed by atoms with Gasteiger partial charge in [-0.25, -0.2) is 0 Å². The van der Waals surface area contributed by atoms with Crippen LogP contribution in [0.5, 0.6) is 0 Å². The minimum Gasteiger partial charge on any atom is -0.378 e. The Morgan fingerprint density at radius 1 is 1.19 bits per heavy atom. The van der Waals surface area contributed by atoms with Crippen LogP contribution < -0.4 is 11.1 Å². The van der Waals surface area contributed by atoms with Crippen molar-refractivity contribution in [2.75, 3.05) is 39.5 Å². The smallest absolute Gasteiger partial charge is 0.243 e. The van der Waals surface area contributed by atoms with Crippen LogP contribution in [0.2, 0.25) is 0 Å². The summed E-state index contributed by atoms with van der Waals surface area (Å²) in [5.74, 6) is 0.0270. The molecule has 0 aliphatic carbocycles. The zero-order valence-electron chi connectivity index (χ0n) is 8.79. The van der Waals surface area contributed by atoms with Gasteiger partial charge in [0.25, 0.3) is 0 Å². The lowest BCUT2D eigenvalue weighted by Crippen LogP contribution is -2.31. The molecule has 8 heteroatoms. The standard InChI is InChI=1S/C8H16I2N2O3.ClH/c9-7(10)8(13)12-2-4-15-6-5-14-3-1-11;/h7H,1-6,11H2,(H,12,13);1H. The molecule has 0 atom stereocenters. The van der Waals surface area contributed by atoms with Crippen LogP contribution in [0.25, 0.3) is 0 Å². The number of carbonyl (C=O) groups excluding carboxylic acids is 1. The highest BCUT2D eigenvalue weighted by molar-refractivity contribution is 14.2. The first-order valence-electron chi connectivity index (χ1n) is 4.60. The third kappa shape index (κ3) is 13.2. The van der Waals surface area contributed by atoms with Crippen LogP contribution in [-0.2, 0) is 14.3 Å². The average molecular weight is 478 g/mol. The van der Waals surface area contributed by atoms with E-state index in [1.807, 2.05) is 0 Å². The number of alkyl halides is 2. The lowest BCUT2D eigenvalue weighted by molar-refractivity contribution is -0.118. The first-order valence-corrected chi connectivity index (χ1v) is 7.09. The van der Waals surface area contributed by atoms with E-state index in [0.29, 0.717) is 39.5 Å². The van der Waals surface area contributed by atoms with Crippen molar-refractivity contribution in [1.29, 1.82) is 0 Å². The molecule has 0 spiro atoms. The van der Waals surface area contributed by atoms with E-state index in [9.17, 15) is 4.79 Å². The molecule has 3 N–H and O–H groups in total. The number of hydrogen-bond donors (Lipinski definition) is 2. The summed E-state index contributed by atoms with van der Waals surface area (Å²) in [5, 5.41) is 2.74. The molecule has 0 aliphatic rings. The number of halogens is 3. The molecule has 16 heavy (non-hydrogen) atoms. The molecule has 0 aromatic rings. The predicted octanol–water partition coefficient (Wildman–Crippen LogP) is 0.712. The molecule has 98 valence electrons. The lowest BCUT2D eigenvalue weighted by Gasteiger charge is -2.07. The summed E-state index contributed by atoms with van der Waals surface area (Å²) in [4.78, 5) is 11.1. The van der Waals surface area contributed by atoms with Crippen molar-refractivity contribution < 1.29 is 14.3 Å². The van der Waals surface area contributed by atoms with Crippen LogP contribution in [0.3, 0.4) is 0 Å². The second-order valence-corrected chi connectivity index (χ2v) is 7.48. The average Bonchev–Trinajstić information content (AvgIpc) is 2.21. The number of nitrogens with one attached hydrogen (secondary N) is 1. The van der Waals surface area contributed by atoms with Crippen molar-refractivity contribution in [2.45, 2.75) is 1.93 Å². The predicted molar refractivity (Wildman–Crippen MR) is 82.8 cm³/mol. The molecule has 0 heterocycles. The van der Waals surface area contributed by atoms with Crippen molar-refractivity contribution in [2.24, 2.45) is 5.73 Å². The van der Waals surface area contributed by atoms with Crippen molar-refractivity contribution in [1.82, 2.24) is 5.32 Å². The maximum atomic E-state index is 11.1. The number of amides is 1. The summed E-state index contributed by atoms with van der Waals surface area (Å²) in [6.07, 6.45) is 0. The first-order chi connectivity index (χ1) is 7.18. The highest BCUT2D eigenvalue weighted by Crippen LogP contribution is 2.08. The molecule has 0 aliphatic heterocycles. The Morgan fingerprint density at radius 3 is 2.25 bits per heavy atom. The lowest BCUT2D eigenvalue weighted by atomic mass is 10.6. The molecule has 0 bridgehead atoms. The molecule has 0 rings (SSSR count). The molecule has 0 saturated carbocycles. The zero-order valence-corrected chi connectivity index (χ0v) is 13.9. The molecule has 1 amide bonds. The quantitative estimate of drug-likeness (QED) is 0.291. The van der Waals surface area contributed by atoms with Gasteiger partial charge in [-0.2, -0.15) is 0 Å². The number of nitrogens with two attached hydrogens (primary N) is 1. The van der Waals surface area contributed by atoms with Crippen LogP contribution in [0.1, 0.15) is 0 Å². The summed E-state index contributed by atoms with van der Waals surface area (Å²) in [6, 6.07) is 0. The molecule has 0 fully saturated rings. The Morgan fingerprint density at radius 2 is 1.75 bits per heavy atom. The van der Waals surface area contributed by atoms with Crippen LogP contribution in [-0.4, -0.2) is 47.4 Å². The van der Waals surface area contributed by atoms with E-state index < -0.39 is 0 Å². The second kappa shape index (κ2) is 14.2. The third-order valence-electron chi connectivity index (χ3n) is 1.38. The number of ether oxygens (including phenoxy) is 2. The minimum atomic E-state index is -0.0342. The van der Waals surface area contributed by atoms with E-state index in [2.05, 4.69) is 50.5 Å². The van der Waals surface area contributed by atoms with Crippen LogP contribution in [0.4, 0.5) is 0 Å². The van der Waals surface area contributed by atoms with Crippen molar-refractivity contribution >= 4 is 63.5 Å². The Kier molecular flexibility index (Phi) is 17.2. The van der Waals surface area contributed by atoms with Crippen molar-refractivity contribution in [3.8, 4) is 0 Å². The summed E-state index contributed by atoms with van der Waals surface area (Å²) in [6.45, 7) is 3.23. The Labute approximate surface area is 129 Å². The second-order valence-electron chi connectivity index (χ2n) is 2.61. The highest BCUT2D eigenvalue weighted by atomic mass is 127. The van der Waals surface area contributed by atoms with E-state index in [0.717, 1.165) is 0 Å². The zero-order chi connectivity index (χ0) is 11.5. The van der Waals surface area contributed by atoms with Gasteiger partial charge in [-0.1, -0.05) is 45.2 Å². The fraction of sp³-hybridized carbons (Fsp3) is 0.875. The minimum absolute atomic E-state index is 0. The van der Waals surface area contributed by atoms with Gasteiger partial charge in [-0.3, -0.25) is 4.79 Å². The van der Waals surface area contributed by atoms with Crippen molar-refractivity contribution in [3.05, 3.63) is 0 Å². The number of rotatable bonds is 9. The highest BCUT2D eigenvalue weighted by Gasteiger charge is 2.07. The van der Waals surface area contributed by atoms with E-state index >= 15 is 0 Å². The summed E-state index contributed by atoms with van der Waals surface area (Å²) in [5.41, 5.74) is 5.24. The molecule has 0 unspecified atom stereocenters. The first kappa shape index (κ1) is 19.4. The number of carbonyl (C=O) groups is 1. The van der Waals surface area contributed by atoms with Gasteiger partial charge in [0.15, 0.2) is 0 Å². The van der Waals surface area contributed by atoms with Crippen molar-refractivity contribution in [3.63, 3.8) is 0 Å². The van der Waals surface area contributed by atoms with Gasteiger partial charge in [0.2, 0.25) is 5.91 Å². The van der Waals surface area contributed by atoms with Gasteiger partial charge in [-0.05, 0) is 0 Å². The Balaban J connectivity index is 0. The fourth-order valence-corrected chi connectivity index (χ4v) is 1.17. The maximum absolute atomic E-state index is 11.1. The van der Waals surface area contributed by atoms with Gasteiger partial charge in [0, 0.05) is 13.1 Å². The van der Waals surface area contributed by atoms with Gasteiger partial charge < -0.3 is 20.5 Å². The molecular weight excluding hydrogens is 461 g/mol. The monoisotopic (exact) mass is 478 g/mol. The fourth-order valence-electron chi connectivity index (χ4n) is 0.729. The molecule has 0 aromatic carbocycles. The van der Waals surface area contributed by atoms with E-state index in [4.69, 9.17) is 15.2 Å². The van der Waals surface area contributed by atoms with Gasteiger partial charge in [0.1, 0.15) is 1.93 Å². The van der Waals surface area contributed by atoms with Gasteiger partial charge in [-0.15, -0.1) is 12.4 Å². The molecule has 0 radical (unpaired) electrons. The summed E-state index contributed by atoms with van der Waals surface area (Å²) < 4.78 is 10.3. The number of hydrogen-bond acceptors (Lipinski definition) is 4. The van der Waals surface area contributed by atoms with E-state index in [1.165, 1.54) is 0 Å². The topological polar surface area (TPSA) is 73.6 Å². The summed E-state index contributed by atoms with van der Waals surface area (Å²) >= 11 is 4.11. The Bertz CT molecular complexity index is 175. The molecule has 5 nitrogen and oxygen atoms in total. The maximum Gasteiger partial charge on any atom is 0.243 e. The van der Waals surface area contributed by atoms with Crippen LogP contribution in [0.15, 0.2) is 0 Å². The summed E-state index contributed by atoms with van der Waals surface area (Å²) in [7, 11) is 0. The third-order valence-corrected chi connectivity index (χ3v) is 2.51. The normalized spacial score (nSPS) is 10.0.